The molecular formula is C55H78BN10O8Si. The molecule has 0 saturated carbocycles. The normalized spacial score (nSPS) is 23.5. The number of piperidine rings is 1. The van der Waals surface area contributed by atoms with E-state index in [4.69, 9.17) is 32.8 Å². The number of carbonyl (C=O) groups is 5. The molecule has 3 fully saturated rings. The van der Waals surface area contributed by atoms with Crippen LogP contribution >= 0.6 is 0 Å². The number of benzene rings is 1. The highest BCUT2D eigenvalue weighted by Crippen LogP contribution is 2.42. The Morgan fingerprint density at radius 3 is 2.53 bits per heavy atom. The molecule has 403 valence electrons. The molecule has 3 saturated heterocycles. The first kappa shape index (κ1) is 57.3. The van der Waals surface area contributed by atoms with Crippen LogP contribution in [-0.4, -0.2) is 178 Å². The van der Waals surface area contributed by atoms with Crippen LogP contribution in [0.25, 0.3) is 27.7 Å². The number of hydrogen-bond donors (Lipinski definition) is 3. The van der Waals surface area contributed by atoms with Crippen molar-refractivity contribution in [1.82, 2.24) is 44.9 Å². The van der Waals surface area contributed by atoms with Crippen molar-refractivity contribution in [2.45, 2.75) is 129 Å². The minimum atomic E-state index is -0.951. The molecule has 20 heteroatoms. The molecule has 4 aliphatic heterocycles. The highest BCUT2D eigenvalue weighted by molar-refractivity contribution is 6.15. The number of ether oxygens (including phenoxy) is 3. The van der Waals surface area contributed by atoms with Crippen molar-refractivity contribution in [2.75, 3.05) is 66.7 Å². The molecular weight excluding hydrogens is 968 g/mol. The minimum absolute atomic E-state index is 0.0516. The van der Waals surface area contributed by atoms with Crippen LogP contribution in [0.4, 0.5) is 4.79 Å². The molecule has 7 rings (SSSR count). The summed E-state index contributed by atoms with van der Waals surface area (Å²) < 4.78 is 20.6. The zero-order valence-electron chi connectivity index (χ0n) is 45.5. The lowest BCUT2D eigenvalue weighted by atomic mass is 9.84. The molecule has 1 aromatic carbocycles. The van der Waals surface area contributed by atoms with Gasteiger partial charge in [0.15, 0.2) is 0 Å². The van der Waals surface area contributed by atoms with Crippen molar-refractivity contribution in [3.63, 3.8) is 0 Å². The second-order valence-corrected chi connectivity index (χ2v) is 22.4. The second kappa shape index (κ2) is 24.3. The molecule has 18 nitrogen and oxygen atoms in total. The lowest BCUT2D eigenvalue weighted by Gasteiger charge is -2.41. The Morgan fingerprint density at radius 2 is 1.88 bits per heavy atom. The maximum absolute atomic E-state index is 15.0. The van der Waals surface area contributed by atoms with Crippen molar-refractivity contribution in [2.24, 2.45) is 23.0 Å². The van der Waals surface area contributed by atoms with Crippen molar-refractivity contribution in [3.05, 3.63) is 72.1 Å². The summed E-state index contributed by atoms with van der Waals surface area (Å²) in [5.41, 5.74) is 14.5. The molecule has 2 aromatic heterocycles. The number of urea groups is 1. The van der Waals surface area contributed by atoms with E-state index in [0.29, 0.717) is 71.4 Å². The number of likely N-dealkylation sites (N-methyl/N-ethyl adjacent to an activating group) is 1. The summed E-state index contributed by atoms with van der Waals surface area (Å²) in [5.74, 6) is -2.74. The number of hydrogen-bond acceptors (Lipinski definition) is 12. The van der Waals surface area contributed by atoms with Crippen LogP contribution in [-0.2, 0) is 46.4 Å². The molecule has 0 unspecified atom stereocenters. The van der Waals surface area contributed by atoms with E-state index >= 15 is 4.79 Å². The van der Waals surface area contributed by atoms with Crippen molar-refractivity contribution >= 4 is 64.3 Å². The summed E-state index contributed by atoms with van der Waals surface area (Å²) in [4.78, 5) is 82.0. The fourth-order valence-corrected chi connectivity index (χ4v) is 11.8. The topological polar surface area (TPSA) is 197 Å². The predicted octanol–water partition coefficient (Wildman–Crippen LogP) is 4.77. The number of methoxy groups -OCH3 is 1. The predicted molar refractivity (Wildman–Crippen MR) is 291 cm³/mol. The van der Waals surface area contributed by atoms with Crippen LogP contribution in [0.15, 0.2) is 55.3 Å². The number of cyclic esters (lactones) is 1. The number of fused-ring (bicyclic) bond motifs is 3. The average Bonchev–Trinajstić information content (AvgIpc) is 3.89. The SMILES string of the molecule is [B]C/C=C1\CN(CN)C[C@H]([C@@H]([Si])NC(=O)[C@H](C(C)C)N(C)C(=O)N2CCC3(CC2)CN(C(=O)C=C)[C@H](C)O3)C(=O)N2CCC[C@H](N2)C(=O)OCC(C)(C)Cc2c(-c3cccnc3[C@H](C)OC)n(CC)c3ccc1cc23. The molecule has 6 atom stereocenters. The largest absolute Gasteiger partial charge is 0.464 e. The molecule has 5 radical (unpaired) electrons. The Labute approximate surface area is 447 Å². The Kier molecular flexibility index (Phi) is 18.6. The number of nitrogens with two attached hydrogens (primary N) is 1. The van der Waals surface area contributed by atoms with Gasteiger partial charge in [0, 0.05) is 93.8 Å². The van der Waals surface area contributed by atoms with Gasteiger partial charge in [-0.05, 0) is 106 Å². The van der Waals surface area contributed by atoms with Crippen LogP contribution in [0, 0.1) is 17.3 Å². The van der Waals surface area contributed by atoms with Gasteiger partial charge in [-0.3, -0.25) is 34.1 Å². The summed E-state index contributed by atoms with van der Waals surface area (Å²) in [6.07, 6.45) is 7.19. The van der Waals surface area contributed by atoms with Gasteiger partial charge in [-0.25, -0.2) is 10.2 Å². The van der Waals surface area contributed by atoms with E-state index in [2.05, 4.69) is 77.2 Å². The van der Waals surface area contributed by atoms with Gasteiger partial charge in [0.05, 0.1) is 60.3 Å². The van der Waals surface area contributed by atoms with Crippen LogP contribution in [0.5, 0.6) is 0 Å². The molecule has 4 N–H and O–H groups in total. The zero-order chi connectivity index (χ0) is 54.5. The van der Waals surface area contributed by atoms with Crippen molar-refractivity contribution in [1.29, 1.82) is 0 Å². The molecule has 4 aliphatic rings. The number of amides is 5. The molecule has 5 amide bonds. The number of esters is 1. The maximum Gasteiger partial charge on any atom is 0.324 e. The number of rotatable bonds is 12. The van der Waals surface area contributed by atoms with Crippen LogP contribution in [0.1, 0.15) is 97.1 Å². The number of pyridine rings is 1. The first-order valence-electron chi connectivity index (χ1n) is 26.5. The van der Waals surface area contributed by atoms with Gasteiger partial charge >= 0.3 is 12.0 Å². The number of allylic oxidation sites excluding steroid dienone is 1. The van der Waals surface area contributed by atoms with E-state index in [9.17, 15) is 19.2 Å². The van der Waals surface area contributed by atoms with E-state index in [1.807, 2.05) is 44.7 Å². The molecule has 3 aromatic rings. The Balaban J connectivity index is 1.20. The van der Waals surface area contributed by atoms with Gasteiger partial charge in [0.1, 0.15) is 18.3 Å². The van der Waals surface area contributed by atoms with E-state index in [-0.39, 0.29) is 56.0 Å². The number of aromatic nitrogens is 2. The standard InChI is InChI=1S/C55H78BN10O8Si/c1-11-45(67)65-31-55(74-36(65)6)20-25-63(26-21-55)53(71)61(9)47(34(3)4)49(68)59-50(75)42-30-62(33-57)29-38(19-22-56)37-17-18-44-40(27-37)41(48(64(44)12-2)39-15-13-23-58-46(39)35(5)72-10)28-54(7,8)32-73-52(70)43-16-14-24-66(60-43)51(42)69/h11,13,15,17-19,23,27,34-36,42-43,47,50,60H,1,12,14,16,20-22,24-26,28-33,57H2,2-10H3,(H,59,68)/b38-19+/t35-,36-,42+,43-,47-,50+/m0/s1. The van der Waals surface area contributed by atoms with Crippen molar-refractivity contribution in [3.8, 4) is 11.3 Å². The number of likely N-dealkylation sites (tertiary alicyclic amines) is 1. The highest BCUT2D eigenvalue weighted by atomic mass is 28.1. The third-order valence-corrected chi connectivity index (χ3v) is 16.1. The lowest BCUT2D eigenvalue weighted by Crippen LogP contribution is -2.62. The summed E-state index contributed by atoms with van der Waals surface area (Å²) in [6, 6.07) is 8.43. The summed E-state index contributed by atoms with van der Waals surface area (Å²) >= 11 is 0. The van der Waals surface area contributed by atoms with Gasteiger partial charge in [-0.1, -0.05) is 52.7 Å². The zero-order valence-corrected chi connectivity index (χ0v) is 46.5. The van der Waals surface area contributed by atoms with Crippen LogP contribution in [0.2, 0.25) is 6.32 Å². The highest BCUT2D eigenvalue weighted by Gasteiger charge is 2.48. The van der Waals surface area contributed by atoms with E-state index in [1.54, 1.807) is 30.2 Å². The van der Waals surface area contributed by atoms with Crippen LogP contribution < -0.4 is 16.5 Å². The average molecular weight is 1050 g/mol. The number of nitrogens with zero attached hydrogens (tertiary/aromatic N) is 7. The summed E-state index contributed by atoms with van der Waals surface area (Å²) in [6.45, 7) is 20.2. The van der Waals surface area contributed by atoms with Gasteiger partial charge in [-0.2, -0.15) is 0 Å². The number of hydrazine groups is 1. The molecule has 6 heterocycles. The minimum Gasteiger partial charge on any atom is -0.464 e. The number of nitrogens with one attached hydrogen (secondary N) is 2. The molecule has 75 heavy (non-hydrogen) atoms. The van der Waals surface area contributed by atoms with Gasteiger partial charge in [0.25, 0.3) is 0 Å². The number of aryl methyl sites for hydroxylation is 1. The first-order chi connectivity index (χ1) is 35.7. The van der Waals surface area contributed by atoms with E-state index in [1.165, 1.54) is 16.0 Å². The smallest absolute Gasteiger partial charge is 0.324 e. The van der Waals surface area contributed by atoms with E-state index < -0.39 is 52.8 Å². The fraction of sp³-hybridized carbons (Fsp3) is 0.600. The van der Waals surface area contributed by atoms with Gasteiger partial charge in [0.2, 0.25) is 17.7 Å². The summed E-state index contributed by atoms with van der Waals surface area (Å²) in [7, 11) is 13.4. The van der Waals surface area contributed by atoms with Crippen molar-refractivity contribution < 1.29 is 38.2 Å². The van der Waals surface area contributed by atoms with Gasteiger partial charge < -0.3 is 44.5 Å². The Morgan fingerprint density at radius 1 is 1.15 bits per heavy atom. The third kappa shape index (κ3) is 12.4. The lowest BCUT2D eigenvalue weighted by molar-refractivity contribution is -0.155. The van der Waals surface area contributed by atoms with Gasteiger partial charge in [-0.15, -0.1) is 0 Å². The molecule has 4 bridgehead atoms. The Bertz CT molecular complexity index is 2620. The fourth-order valence-electron chi connectivity index (χ4n) is 11.4. The van der Waals surface area contributed by atoms with E-state index in [0.717, 1.165) is 44.6 Å². The Hall–Kier alpha value is -5.38. The molecule has 1 spiro atoms. The number of carbonyl (C=O) groups excluding carboxylic acids is 5. The molecule has 0 aliphatic carbocycles. The van der Waals surface area contributed by atoms with Crippen LogP contribution in [0.3, 0.4) is 0 Å². The second-order valence-electron chi connectivity index (χ2n) is 21.8. The third-order valence-electron chi connectivity index (χ3n) is 15.5. The monoisotopic (exact) mass is 1050 g/mol. The summed E-state index contributed by atoms with van der Waals surface area (Å²) in [5, 5.41) is 5.57. The first-order valence-corrected chi connectivity index (χ1v) is 27.1. The quantitative estimate of drug-likeness (QED) is 0.128. The maximum atomic E-state index is 15.0.